The van der Waals surface area contributed by atoms with Gasteiger partial charge >= 0.3 is 5.97 Å². The third-order valence-electron chi connectivity index (χ3n) is 5.58. The molecule has 0 unspecified atom stereocenters. The molecule has 2 heterocycles. The third kappa shape index (κ3) is 3.34. The number of likely N-dealkylation sites (tertiary alicyclic amines) is 1. The van der Waals surface area contributed by atoms with Crippen molar-refractivity contribution in [1.29, 1.82) is 0 Å². The van der Waals surface area contributed by atoms with Crippen molar-refractivity contribution in [3.63, 3.8) is 0 Å². The molecule has 5 heteroatoms. The number of ether oxygens (including phenoxy) is 1. The zero-order valence-electron chi connectivity index (χ0n) is 15.3. The monoisotopic (exact) mass is 383 g/mol. The quantitative estimate of drug-likeness (QED) is 0.743. The molecule has 27 heavy (non-hydrogen) atoms. The molecule has 4 nitrogen and oxygen atoms in total. The number of piperidine rings is 1. The number of halogens is 1. The maximum atomic E-state index is 12.8. The summed E-state index contributed by atoms with van der Waals surface area (Å²) in [5.74, 6) is -0.182. The summed E-state index contributed by atoms with van der Waals surface area (Å²) >= 11 is 6.07. The van der Waals surface area contributed by atoms with Crippen LogP contribution in [0, 0.1) is 6.92 Å². The third-order valence-corrected chi connectivity index (χ3v) is 6.01. The van der Waals surface area contributed by atoms with Gasteiger partial charge in [0.15, 0.2) is 5.60 Å². The Morgan fingerprint density at radius 1 is 1.26 bits per heavy atom. The van der Waals surface area contributed by atoms with Gasteiger partial charge in [0.05, 0.1) is 12.1 Å². The van der Waals surface area contributed by atoms with Crippen LogP contribution in [0.3, 0.4) is 0 Å². The smallest absolute Gasteiger partial charge is 0.339 e. The number of benzene rings is 2. The average Bonchev–Trinajstić information content (AvgIpc) is 2.94. The van der Waals surface area contributed by atoms with E-state index in [2.05, 4.69) is 0 Å². The second-order valence-corrected chi connectivity index (χ2v) is 7.84. The molecule has 0 bridgehead atoms. The number of carbonyl (C=O) groups is 2. The van der Waals surface area contributed by atoms with Crippen molar-refractivity contribution in [3.05, 3.63) is 69.7 Å². The van der Waals surface area contributed by atoms with Crippen LogP contribution >= 0.6 is 11.6 Å². The van der Waals surface area contributed by atoms with Crippen LogP contribution in [-0.2, 0) is 21.6 Å². The van der Waals surface area contributed by atoms with Crippen LogP contribution < -0.4 is 0 Å². The normalized spacial score (nSPS) is 21.3. The number of esters is 1. The molecule has 0 aliphatic carbocycles. The zero-order valence-corrected chi connectivity index (χ0v) is 16.1. The number of hydrogen-bond acceptors (Lipinski definition) is 3. The summed E-state index contributed by atoms with van der Waals surface area (Å²) in [6.07, 6.45) is 2.70. The van der Waals surface area contributed by atoms with Crippen LogP contribution in [0.1, 0.15) is 46.3 Å². The van der Waals surface area contributed by atoms with E-state index >= 15 is 0 Å². The summed E-state index contributed by atoms with van der Waals surface area (Å²) in [5, 5.41) is 0.741. The molecule has 0 aromatic heterocycles. The fourth-order valence-electron chi connectivity index (χ4n) is 4.16. The first-order chi connectivity index (χ1) is 13.0. The van der Waals surface area contributed by atoms with Gasteiger partial charge in [-0.1, -0.05) is 41.9 Å². The molecule has 140 valence electrons. The van der Waals surface area contributed by atoms with E-state index in [-0.39, 0.29) is 11.9 Å². The van der Waals surface area contributed by atoms with Gasteiger partial charge in [-0.05, 0) is 49.4 Å². The summed E-state index contributed by atoms with van der Waals surface area (Å²) in [4.78, 5) is 26.9. The van der Waals surface area contributed by atoms with Crippen LogP contribution in [0.2, 0.25) is 5.02 Å². The van der Waals surface area contributed by atoms with E-state index < -0.39 is 5.60 Å². The lowest BCUT2D eigenvalue weighted by molar-refractivity contribution is -0.138. The summed E-state index contributed by atoms with van der Waals surface area (Å²) in [7, 11) is 0. The van der Waals surface area contributed by atoms with E-state index in [1.165, 1.54) is 0 Å². The number of carbonyl (C=O) groups excluding carboxylic acids is 2. The van der Waals surface area contributed by atoms with Crippen LogP contribution in [0.5, 0.6) is 0 Å². The number of nitrogens with zero attached hydrogens (tertiary/aromatic N) is 1. The standard InChI is InChI=1S/C22H22ClNO3/c1-15-13-16(7-9-19(15)23)8-10-20(25)24-12-4-11-22(14-24)18-6-3-2-5-17(18)21(26)27-22/h2-3,5-7,9,13H,4,8,10-12,14H2,1H3/t22-/m1/s1. The molecule has 0 radical (unpaired) electrons. The van der Waals surface area contributed by atoms with Crippen molar-refractivity contribution in [2.45, 2.75) is 38.2 Å². The lowest BCUT2D eigenvalue weighted by atomic mass is 9.85. The predicted octanol–water partition coefficient (Wildman–Crippen LogP) is 4.27. The number of fused-ring (bicyclic) bond motifs is 2. The maximum Gasteiger partial charge on any atom is 0.339 e. The molecule has 0 saturated carbocycles. The minimum absolute atomic E-state index is 0.0992. The second-order valence-electron chi connectivity index (χ2n) is 7.43. The predicted molar refractivity (Wildman–Crippen MR) is 104 cm³/mol. The molecular formula is C22H22ClNO3. The lowest BCUT2D eigenvalue weighted by Gasteiger charge is -2.39. The number of amides is 1. The molecule has 2 aromatic rings. The minimum Gasteiger partial charge on any atom is -0.449 e. The highest BCUT2D eigenvalue weighted by Gasteiger charge is 2.48. The van der Waals surface area contributed by atoms with E-state index in [1.807, 2.05) is 48.2 Å². The number of hydrogen-bond donors (Lipinski definition) is 0. The van der Waals surface area contributed by atoms with Crippen molar-refractivity contribution in [1.82, 2.24) is 4.90 Å². The van der Waals surface area contributed by atoms with Gasteiger partial charge in [0.2, 0.25) is 5.91 Å². The van der Waals surface area contributed by atoms with Gasteiger partial charge in [0, 0.05) is 23.6 Å². The Hall–Kier alpha value is -2.33. The molecule has 1 saturated heterocycles. The Bertz CT molecular complexity index is 910. The maximum absolute atomic E-state index is 12.8. The van der Waals surface area contributed by atoms with Crippen LogP contribution in [0.15, 0.2) is 42.5 Å². The lowest BCUT2D eigenvalue weighted by Crippen LogP contribution is -2.48. The van der Waals surface area contributed by atoms with Crippen molar-refractivity contribution >= 4 is 23.5 Å². The summed E-state index contributed by atoms with van der Waals surface area (Å²) in [5.41, 5.74) is 2.99. The Morgan fingerprint density at radius 3 is 2.89 bits per heavy atom. The largest absolute Gasteiger partial charge is 0.449 e. The molecule has 2 aromatic carbocycles. The number of rotatable bonds is 3. The summed E-state index contributed by atoms with van der Waals surface area (Å²) in [6.45, 7) is 3.11. The summed E-state index contributed by atoms with van der Waals surface area (Å²) < 4.78 is 5.78. The van der Waals surface area contributed by atoms with E-state index in [4.69, 9.17) is 16.3 Å². The van der Waals surface area contributed by atoms with Crippen molar-refractivity contribution in [2.24, 2.45) is 0 Å². The van der Waals surface area contributed by atoms with Crippen LogP contribution in [0.4, 0.5) is 0 Å². The van der Waals surface area contributed by atoms with Gasteiger partial charge in [-0.25, -0.2) is 4.79 Å². The van der Waals surface area contributed by atoms with E-state index in [0.717, 1.165) is 34.6 Å². The minimum atomic E-state index is -0.682. The van der Waals surface area contributed by atoms with Gasteiger partial charge in [0.25, 0.3) is 0 Å². The van der Waals surface area contributed by atoms with Gasteiger partial charge < -0.3 is 9.64 Å². The first-order valence-electron chi connectivity index (χ1n) is 9.34. The van der Waals surface area contributed by atoms with Crippen molar-refractivity contribution in [2.75, 3.05) is 13.1 Å². The molecule has 1 fully saturated rings. The van der Waals surface area contributed by atoms with Gasteiger partial charge in [-0.2, -0.15) is 0 Å². The van der Waals surface area contributed by atoms with Crippen LogP contribution in [0.25, 0.3) is 0 Å². The number of aryl methyl sites for hydroxylation is 2. The Kier molecular flexibility index (Phi) is 4.68. The fraction of sp³-hybridized carbons (Fsp3) is 0.364. The molecule has 4 rings (SSSR count). The first kappa shape index (κ1) is 18.1. The van der Waals surface area contributed by atoms with Crippen LogP contribution in [-0.4, -0.2) is 29.9 Å². The first-order valence-corrected chi connectivity index (χ1v) is 9.72. The molecule has 2 aliphatic heterocycles. The van der Waals surface area contributed by atoms with Gasteiger partial charge in [-0.15, -0.1) is 0 Å². The molecule has 1 atom stereocenters. The topological polar surface area (TPSA) is 46.6 Å². The highest BCUT2D eigenvalue weighted by atomic mass is 35.5. The Balaban J connectivity index is 1.46. The average molecular weight is 384 g/mol. The van der Waals surface area contributed by atoms with Gasteiger partial charge in [-0.3, -0.25) is 4.79 Å². The zero-order chi connectivity index (χ0) is 19.0. The molecule has 1 spiro atoms. The van der Waals surface area contributed by atoms with Crippen molar-refractivity contribution in [3.8, 4) is 0 Å². The SMILES string of the molecule is Cc1cc(CCC(=O)N2CCC[C@]3(C2)OC(=O)c2ccccc23)ccc1Cl. The van der Waals surface area contributed by atoms with E-state index in [1.54, 1.807) is 6.07 Å². The second kappa shape index (κ2) is 7.01. The molecule has 2 aliphatic rings. The van der Waals surface area contributed by atoms with E-state index in [9.17, 15) is 9.59 Å². The fourth-order valence-corrected chi connectivity index (χ4v) is 4.27. The van der Waals surface area contributed by atoms with Gasteiger partial charge in [0.1, 0.15) is 0 Å². The van der Waals surface area contributed by atoms with Crippen molar-refractivity contribution < 1.29 is 14.3 Å². The van der Waals surface area contributed by atoms with E-state index in [0.29, 0.717) is 31.5 Å². The summed E-state index contributed by atoms with van der Waals surface area (Å²) in [6, 6.07) is 13.4. The Labute approximate surface area is 164 Å². The highest BCUT2D eigenvalue weighted by Crippen LogP contribution is 2.42. The highest BCUT2D eigenvalue weighted by molar-refractivity contribution is 6.31. The molecular weight excluding hydrogens is 362 g/mol. The molecule has 1 amide bonds. The Morgan fingerprint density at radius 2 is 2.07 bits per heavy atom. The molecule has 0 N–H and O–H groups in total.